The number of thiazole rings is 1. The van der Waals surface area contributed by atoms with Gasteiger partial charge in [-0.2, -0.15) is 14.6 Å². The molecular formula is C36H26ClN5O3S. The summed E-state index contributed by atoms with van der Waals surface area (Å²) in [5.41, 5.74) is 4.84. The van der Waals surface area contributed by atoms with Crippen LogP contribution in [0.15, 0.2) is 114 Å². The summed E-state index contributed by atoms with van der Waals surface area (Å²) in [6, 6.07) is 32.8. The molecule has 0 amide bonds. The zero-order chi connectivity index (χ0) is 31.5. The molecule has 7 aromatic rings. The van der Waals surface area contributed by atoms with Crippen LogP contribution in [0.2, 0.25) is 5.02 Å². The molecular weight excluding hydrogens is 618 g/mol. The topological polar surface area (TPSA) is 83.5 Å². The van der Waals surface area contributed by atoms with E-state index in [2.05, 4.69) is 10.1 Å². The zero-order valence-electron chi connectivity index (χ0n) is 24.6. The highest BCUT2D eigenvalue weighted by atomic mass is 35.5. The van der Waals surface area contributed by atoms with Crippen molar-refractivity contribution in [1.29, 1.82) is 0 Å². The van der Waals surface area contributed by atoms with Crippen molar-refractivity contribution < 1.29 is 9.47 Å². The van der Waals surface area contributed by atoms with E-state index in [0.29, 0.717) is 38.4 Å². The maximum absolute atomic E-state index is 13.5. The monoisotopic (exact) mass is 643 g/mol. The van der Waals surface area contributed by atoms with Crippen LogP contribution in [0.25, 0.3) is 40.1 Å². The van der Waals surface area contributed by atoms with Crippen molar-refractivity contribution in [2.45, 2.75) is 6.61 Å². The molecule has 0 fully saturated rings. The van der Waals surface area contributed by atoms with E-state index < -0.39 is 0 Å². The molecule has 8 nitrogen and oxygen atoms in total. The Bertz CT molecular complexity index is 2290. The third-order valence-electron chi connectivity index (χ3n) is 7.25. The van der Waals surface area contributed by atoms with Gasteiger partial charge >= 0.3 is 0 Å². The first kappa shape index (κ1) is 29.2. The van der Waals surface area contributed by atoms with Gasteiger partial charge in [-0.15, -0.1) is 5.10 Å². The van der Waals surface area contributed by atoms with Gasteiger partial charge in [-0.25, -0.2) is 4.68 Å². The highest BCUT2D eigenvalue weighted by Crippen LogP contribution is 2.28. The Morgan fingerprint density at radius 1 is 0.870 bits per heavy atom. The summed E-state index contributed by atoms with van der Waals surface area (Å²) < 4.78 is 15.0. The summed E-state index contributed by atoms with van der Waals surface area (Å²) in [7, 11) is 1.63. The number of nitrogens with zero attached hydrogens (tertiary/aromatic N) is 5. The molecule has 0 atom stereocenters. The quantitative estimate of drug-likeness (QED) is 0.169. The minimum atomic E-state index is -0.244. The average Bonchev–Trinajstić information content (AvgIpc) is 3.78. The lowest BCUT2D eigenvalue weighted by atomic mass is 10.1. The number of methoxy groups -OCH3 is 1. The maximum Gasteiger partial charge on any atom is 0.291 e. The summed E-state index contributed by atoms with van der Waals surface area (Å²) in [5.74, 6) is 1.91. The van der Waals surface area contributed by atoms with Crippen LogP contribution in [-0.4, -0.2) is 31.5 Å². The van der Waals surface area contributed by atoms with Gasteiger partial charge in [0, 0.05) is 27.9 Å². The first-order valence-corrected chi connectivity index (χ1v) is 15.6. The molecule has 3 aromatic heterocycles. The van der Waals surface area contributed by atoms with Gasteiger partial charge in [-0.1, -0.05) is 89.7 Å². The Hall–Kier alpha value is -5.51. The minimum absolute atomic E-state index is 0.244. The third kappa shape index (κ3) is 6.19. The molecule has 0 bridgehead atoms. The van der Waals surface area contributed by atoms with Crippen LogP contribution in [0.4, 0.5) is 0 Å². The van der Waals surface area contributed by atoms with E-state index in [1.165, 1.54) is 15.9 Å². The van der Waals surface area contributed by atoms with Crippen LogP contribution in [-0.2, 0) is 6.61 Å². The van der Waals surface area contributed by atoms with E-state index in [-0.39, 0.29) is 5.56 Å². The van der Waals surface area contributed by atoms with Crippen molar-refractivity contribution in [3.8, 4) is 28.4 Å². The molecule has 46 heavy (non-hydrogen) atoms. The van der Waals surface area contributed by atoms with Crippen molar-refractivity contribution in [3.63, 3.8) is 0 Å². The van der Waals surface area contributed by atoms with Crippen LogP contribution in [0.1, 0.15) is 22.5 Å². The lowest BCUT2D eigenvalue weighted by Gasteiger charge is -2.09. The van der Waals surface area contributed by atoms with Crippen molar-refractivity contribution in [2.24, 2.45) is 0 Å². The van der Waals surface area contributed by atoms with E-state index in [1.54, 1.807) is 13.2 Å². The summed E-state index contributed by atoms with van der Waals surface area (Å²) in [5, 5.41) is 10.0. The largest absolute Gasteiger partial charge is 0.497 e. The van der Waals surface area contributed by atoms with Crippen LogP contribution < -0.4 is 19.6 Å². The Morgan fingerprint density at radius 3 is 2.46 bits per heavy atom. The molecule has 3 heterocycles. The Labute approximate surface area is 273 Å². The Kier molecular flexibility index (Phi) is 8.16. The van der Waals surface area contributed by atoms with Gasteiger partial charge in [0.1, 0.15) is 23.8 Å². The zero-order valence-corrected chi connectivity index (χ0v) is 26.2. The molecule has 10 heteroatoms. The number of fused-ring (bicyclic) bond motifs is 1. The number of halogens is 1. The first-order chi connectivity index (χ1) is 22.5. The molecule has 0 saturated carbocycles. The van der Waals surface area contributed by atoms with E-state index >= 15 is 0 Å². The summed E-state index contributed by atoms with van der Waals surface area (Å²) in [6.45, 7) is 0.333. The van der Waals surface area contributed by atoms with Crippen molar-refractivity contribution >= 4 is 46.1 Å². The smallest absolute Gasteiger partial charge is 0.291 e. The van der Waals surface area contributed by atoms with Gasteiger partial charge in [0.25, 0.3) is 5.56 Å². The number of aromatic nitrogens is 5. The molecule has 7 rings (SSSR count). The average molecular weight is 644 g/mol. The second kappa shape index (κ2) is 12.8. The molecule has 0 aliphatic heterocycles. The molecule has 0 spiro atoms. The molecule has 4 aromatic carbocycles. The second-order valence-electron chi connectivity index (χ2n) is 10.3. The number of para-hydroxylation sites is 1. The van der Waals surface area contributed by atoms with E-state index in [1.807, 2.05) is 126 Å². The predicted octanol–water partition coefficient (Wildman–Crippen LogP) is 6.96. The lowest BCUT2D eigenvalue weighted by molar-refractivity contribution is 0.306. The molecule has 0 N–H and O–H groups in total. The van der Waals surface area contributed by atoms with Gasteiger partial charge in [-0.05, 0) is 60.2 Å². The fourth-order valence-electron chi connectivity index (χ4n) is 4.89. The fourth-order valence-corrected chi connectivity index (χ4v) is 5.98. The number of hydrogen-bond donors (Lipinski definition) is 0. The molecule has 0 radical (unpaired) electrons. The van der Waals surface area contributed by atoms with E-state index in [0.717, 1.165) is 33.7 Å². The van der Waals surface area contributed by atoms with Crippen LogP contribution >= 0.6 is 22.9 Å². The van der Waals surface area contributed by atoms with Crippen LogP contribution in [0.5, 0.6) is 11.5 Å². The SMILES string of the molecule is COc1ccc(/C=C/c2nc3s/c(=C\c4cn(-c5ccccc5)nc4-c4cccc(OCc5ccccc5Cl)c4)c(=O)n3n2)cc1. The summed E-state index contributed by atoms with van der Waals surface area (Å²) in [6.07, 6.45) is 7.44. The number of hydrogen-bond acceptors (Lipinski definition) is 7. The highest BCUT2D eigenvalue weighted by Gasteiger charge is 2.15. The lowest BCUT2D eigenvalue weighted by Crippen LogP contribution is -2.23. The number of ether oxygens (including phenoxy) is 2. The third-order valence-corrected chi connectivity index (χ3v) is 8.58. The molecule has 0 unspecified atom stereocenters. The Balaban J connectivity index is 1.22. The van der Waals surface area contributed by atoms with E-state index in [9.17, 15) is 4.79 Å². The van der Waals surface area contributed by atoms with Gasteiger partial charge in [0.2, 0.25) is 4.96 Å². The summed E-state index contributed by atoms with van der Waals surface area (Å²) in [4.78, 5) is 18.5. The van der Waals surface area contributed by atoms with Crippen LogP contribution in [0.3, 0.4) is 0 Å². The highest BCUT2D eigenvalue weighted by molar-refractivity contribution is 7.15. The normalized spacial score (nSPS) is 11.9. The number of benzene rings is 4. The molecule has 0 saturated heterocycles. The van der Waals surface area contributed by atoms with Crippen molar-refractivity contribution in [3.05, 3.63) is 152 Å². The van der Waals surface area contributed by atoms with Gasteiger partial charge in [0.05, 0.1) is 17.3 Å². The van der Waals surface area contributed by atoms with E-state index in [4.69, 9.17) is 26.2 Å². The molecule has 0 aliphatic rings. The first-order valence-electron chi connectivity index (χ1n) is 14.4. The van der Waals surface area contributed by atoms with Gasteiger partial charge in [-0.3, -0.25) is 4.79 Å². The Morgan fingerprint density at radius 2 is 1.67 bits per heavy atom. The fraction of sp³-hybridized carbons (Fsp3) is 0.0556. The minimum Gasteiger partial charge on any atom is -0.497 e. The molecule has 226 valence electrons. The van der Waals surface area contributed by atoms with Crippen LogP contribution in [0, 0.1) is 0 Å². The van der Waals surface area contributed by atoms with Crippen molar-refractivity contribution in [1.82, 2.24) is 24.4 Å². The number of rotatable bonds is 9. The maximum atomic E-state index is 13.5. The summed E-state index contributed by atoms with van der Waals surface area (Å²) >= 11 is 7.61. The van der Waals surface area contributed by atoms with Gasteiger partial charge < -0.3 is 9.47 Å². The predicted molar refractivity (Wildman–Crippen MR) is 183 cm³/mol. The van der Waals surface area contributed by atoms with Gasteiger partial charge in [0.15, 0.2) is 5.82 Å². The standard InChI is InChI=1S/C36H26ClN5O3S/c1-44-29-17-14-24(15-18-29)16-19-33-38-36-42(39-33)35(43)32(46-36)21-27-22-41(28-10-3-2-4-11-28)40-34(27)25-9-7-12-30(20-25)45-23-26-8-5-6-13-31(26)37/h2-22H,23H2,1H3/b19-16+,32-21-. The second-order valence-corrected chi connectivity index (χ2v) is 11.7. The molecule has 0 aliphatic carbocycles. The van der Waals surface area contributed by atoms with Crippen molar-refractivity contribution in [2.75, 3.05) is 7.11 Å².